The first-order chi connectivity index (χ1) is 9.75. The Labute approximate surface area is 120 Å². The smallest absolute Gasteiger partial charge is 0.230 e. The van der Waals surface area contributed by atoms with Gasteiger partial charge < -0.3 is 5.32 Å². The highest BCUT2D eigenvalue weighted by atomic mass is 32.2. The molecule has 1 aromatic carbocycles. The SMILES string of the molecule is O=C(CSc1ncccn1)NCCc1ccccc1F. The number of amides is 1. The van der Waals surface area contributed by atoms with Crippen molar-refractivity contribution < 1.29 is 9.18 Å². The Morgan fingerprint density at radius 3 is 2.70 bits per heavy atom. The van der Waals surface area contributed by atoms with Crippen molar-refractivity contribution in [3.63, 3.8) is 0 Å². The van der Waals surface area contributed by atoms with E-state index in [1.165, 1.54) is 17.8 Å². The van der Waals surface area contributed by atoms with Gasteiger partial charge in [-0.15, -0.1) is 0 Å². The molecule has 1 heterocycles. The zero-order valence-electron chi connectivity index (χ0n) is 10.8. The molecule has 104 valence electrons. The van der Waals surface area contributed by atoms with Gasteiger partial charge in [0.05, 0.1) is 5.75 Å². The van der Waals surface area contributed by atoms with Crippen LogP contribution < -0.4 is 5.32 Å². The number of halogens is 1. The summed E-state index contributed by atoms with van der Waals surface area (Å²) in [5.74, 6) is -0.103. The fourth-order valence-corrected chi connectivity index (χ4v) is 2.21. The van der Waals surface area contributed by atoms with E-state index in [0.29, 0.717) is 23.7 Å². The van der Waals surface area contributed by atoms with Crippen molar-refractivity contribution in [1.29, 1.82) is 0 Å². The Balaban J connectivity index is 1.69. The Morgan fingerprint density at radius 2 is 1.95 bits per heavy atom. The molecular formula is C14H14FN3OS. The van der Waals surface area contributed by atoms with Gasteiger partial charge in [0, 0.05) is 18.9 Å². The summed E-state index contributed by atoms with van der Waals surface area (Å²) in [4.78, 5) is 19.6. The minimum absolute atomic E-state index is 0.112. The molecule has 6 heteroatoms. The van der Waals surface area contributed by atoms with Gasteiger partial charge in [-0.25, -0.2) is 14.4 Å². The Bertz CT molecular complexity index is 565. The van der Waals surface area contributed by atoms with E-state index in [0.717, 1.165) is 0 Å². The predicted octanol–water partition coefficient (Wildman–Crippen LogP) is 2.07. The first-order valence-electron chi connectivity index (χ1n) is 6.15. The molecule has 2 rings (SSSR count). The molecule has 0 aliphatic rings. The Morgan fingerprint density at radius 1 is 1.20 bits per heavy atom. The average molecular weight is 291 g/mol. The lowest BCUT2D eigenvalue weighted by molar-refractivity contribution is -0.118. The molecule has 0 saturated carbocycles. The van der Waals surface area contributed by atoms with Gasteiger partial charge in [0.25, 0.3) is 0 Å². The minimum Gasteiger partial charge on any atom is -0.355 e. The molecule has 0 aliphatic heterocycles. The van der Waals surface area contributed by atoms with Crippen LogP contribution in [0.4, 0.5) is 4.39 Å². The van der Waals surface area contributed by atoms with Crippen molar-refractivity contribution in [2.45, 2.75) is 11.6 Å². The number of nitrogens with one attached hydrogen (secondary N) is 1. The van der Waals surface area contributed by atoms with Gasteiger partial charge in [0.2, 0.25) is 5.91 Å². The molecule has 0 spiro atoms. The normalized spacial score (nSPS) is 10.2. The van der Waals surface area contributed by atoms with Crippen LogP contribution in [0.5, 0.6) is 0 Å². The maximum absolute atomic E-state index is 13.4. The maximum Gasteiger partial charge on any atom is 0.230 e. The van der Waals surface area contributed by atoms with Crippen molar-refractivity contribution in [2.75, 3.05) is 12.3 Å². The van der Waals surface area contributed by atoms with E-state index < -0.39 is 0 Å². The lowest BCUT2D eigenvalue weighted by Crippen LogP contribution is -2.27. The Hall–Kier alpha value is -1.95. The lowest BCUT2D eigenvalue weighted by atomic mass is 10.1. The quantitative estimate of drug-likeness (QED) is 0.654. The highest BCUT2D eigenvalue weighted by molar-refractivity contribution is 7.99. The number of benzene rings is 1. The molecular weight excluding hydrogens is 277 g/mol. The average Bonchev–Trinajstić information content (AvgIpc) is 2.48. The van der Waals surface area contributed by atoms with E-state index in [1.807, 2.05) is 0 Å². The first-order valence-corrected chi connectivity index (χ1v) is 7.14. The summed E-state index contributed by atoms with van der Waals surface area (Å²) in [6, 6.07) is 8.28. The largest absolute Gasteiger partial charge is 0.355 e. The molecule has 0 unspecified atom stereocenters. The summed E-state index contributed by atoms with van der Waals surface area (Å²) in [7, 11) is 0. The summed E-state index contributed by atoms with van der Waals surface area (Å²) in [5.41, 5.74) is 0.604. The van der Waals surface area contributed by atoms with Gasteiger partial charge in [0.15, 0.2) is 5.16 Å². The molecule has 0 fully saturated rings. The number of carbonyl (C=O) groups is 1. The number of aromatic nitrogens is 2. The zero-order valence-corrected chi connectivity index (χ0v) is 11.6. The summed E-state index contributed by atoms with van der Waals surface area (Å²) in [5, 5.41) is 3.31. The molecule has 1 aromatic heterocycles. The summed E-state index contributed by atoms with van der Waals surface area (Å²) in [6.45, 7) is 0.413. The van der Waals surface area contributed by atoms with Crippen molar-refractivity contribution in [3.8, 4) is 0 Å². The maximum atomic E-state index is 13.4. The highest BCUT2D eigenvalue weighted by Gasteiger charge is 2.05. The van der Waals surface area contributed by atoms with E-state index >= 15 is 0 Å². The van der Waals surface area contributed by atoms with Crippen LogP contribution in [0.25, 0.3) is 0 Å². The lowest BCUT2D eigenvalue weighted by Gasteiger charge is -2.05. The van der Waals surface area contributed by atoms with E-state index in [9.17, 15) is 9.18 Å². The summed E-state index contributed by atoms with van der Waals surface area (Å²) in [6.07, 6.45) is 3.74. The molecule has 0 saturated heterocycles. The van der Waals surface area contributed by atoms with Gasteiger partial charge in [-0.05, 0) is 24.1 Å². The molecule has 0 radical (unpaired) electrons. The van der Waals surface area contributed by atoms with Gasteiger partial charge in [-0.1, -0.05) is 30.0 Å². The summed E-state index contributed by atoms with van der Waals surface area (Å²) >= 11 is 1.27. The Kier molecular flexibility index (Phi) is 5.49. The van der Waals surface area contributed by atoms with Gasteiger partial charge in [0.1, 0.15) is 5.82 Å². The molecule has 0 aliphatic carbocycles. The van der Waals surface area contributed by atoms with Gasteiger partial charge >= 0.3 is 0 Å². The number of nitrogens with zero attached hydrogens (tertiary/aromatic N) is 2. The third kappa shape index (κ3) is 4.62. The van der Waals surface area contributed by atoms with Crippen molar-refractivity contribution in [1.82, 2.24) is 15.3 Å². The van der Waals surface area contributed by atoms with E-state index in [4.69, 9.17) is 0 Å². The monoisotopic (exact) mass is 291 g/mol. The van der Waals surface area contributed by atoms with Crippen LogP contribution in [0.2, 0.25) is 0 Å². The number of carbonyl (C=O) groups excluding carboxylic acids is 1. The third-order valence-corrected chi connectivity index (χ3v) is 3.42. The van der Waals surface area contributed by atoms with E-state index in [-0.39, 0.29) is 17.5 Å². The molecule has 4 nitrogen and oxygen atoms in total. The minimum atomic E-state index is -0.242. The van der Waals surface area contributed by atoms with Gasteiger partial charge in [-0.2, -0.15) is 0 Å². The van der Waals surface area contributed by atoms with Crippen LogP contribution in [0.3, 0.4) is 0 Å². The molecule has 20 heavy (non-hydrogen) atoms. The molecule has 0 atom stereocenters. The van der Waals surface area contributed by atoms with Crippen molar-refractivity contribution in [3.05, 3.63) is 54.1 Å². The second kappa shape index (κ2) is 7.59. The zero-order chi connectivity index (χ0) is 14.2. The van der Waals surface area contributed by atoms with Gasteiger partial charge in [-0.3, -0.25) is 4.79 Å². The molecule has 1 N–H and O–H groups in total. The second-order valence-corrected chi connectivity index (χ2v) is 4.95. The van der Waals surface area contributed by atoms with Crippen LogP contribution in [0, 0.1) is 5.82 Å². The number of hydrogen-bond acceptors (Lipinski definition) is 4. The number of rotatable bonds is 6. The van der Waals surface area contributed by atoms with Crippen molar-refractivity contribution >= 4 is 17.7 Å². The predicted molar refractivity (Wildman–Crippen MR) is 75.9 cm³/mol. The second-order valence-electron chi connectivity index (χ2n) is 4.01. The molecule has 0 bridgehead atoms. The third-order valence-electron chi connectivity index (χ3n) is 2.55. The standard InChI is InChI=1S/C14H14FN3OS/c15-12-5-2-1-4-11(12)6-9-16-13(19)10-20-14-17-7-3-8-18-14/h1-5,7-8H,6,9-10H2,(H,16,19). The van der Waals surface area contributed by atoms with Crippen LogP contribution in [-0.2, 0) is 11.2 Å². The fraction of sp³-hybridized carbons (Fsp3) is 0.214. The summed E-state index contributed by atoms with van der Waals surface area (Å²) < 4.78 is 13.4. The van der Waals surface area contributed by atoms with E-state index in [1.54, 1.807) is 36.7 Å². The van der Waals surface area contributed by atoms with Crippen LogP contribution in [0.1, 0.15) is 5.56 Å². The van der Waals surface area contributed by atoms with E-state index in [2.05, 4.69) is 15.3 Å². The van der Waals surface area contributed by atoms with Crippen LogP contribution in [0.15, 0.2) is 47.9 Å². The van der Waals surface area contributed by atoms with Crippen LogP contribution in [-0.4, -0.2) is 28.2 Å². The number of hydrogen-bond donors (Lipinski definition) is 1. The molecule has 2 aromatic rings. The topological polar surface area (TPSA) is 54.9 Å². The first kappa shape index (κ1) is 14.5. The highest BCUT2D eigenvalue weighted by Crippen LogP contribution is 2.10. The molecule has 1 amide bonds. The van der Waals surface area contributed by atoms with Crippen molar-refractivity contribution in [2.24, 2.45) is 0 Å². The fourth-order valence-electron chi connectivity index (χ4n) is 1.58. The van der Waals surface area contributed by atoms with Crippen LogP contribution >= 0.6 is 11.8 Å². The number of thioether (sulfide) groups is 1.